The Kier molecular flexibility index (Phi) is 2.96. The van der Waals surface area contributed by atoms with Gasteiger partial charge < -0.3 is 10.3 Å². The van der Waals surface area contributed by atoms with E-state index >= 15 is 0 Å². The molecule has 2 aromatic heterocycles. The Labute approximate surface area is 93.7 Å². The van der Waals surface area contributed by atoms with Gasteiger partial charge in [-0.15, -0.1) is 0 Å². The van der Waals surface area contributed by atoms with Crippen molar-refractivity contribution in [3.8, 4) is 0 Å². The molecule has 5 heteroatoms. The highest BCUT2D eigenvalue weighted by Gasteiger charge is 2.17. The number of rotatable bonds is 3. The lowest BCUT2D eigenvalue weighted by atomic mass is 10.1. The van der Waals surface area contributed by atoms with Crippen molar-refractivity contribution in [2.45, 2.75) is 25.8 Å². The van der Waals surface area contributed by atoms with Crippen molar-refractivity contribution in [3.63, 3.8) is 0 Å². The second kappa shape index (κ2) is 4.40. The summed E-state index contributed by atoms with van der Waals surface area (Å²) in [7, 11) is 0. The summed E-state index contributed by atoms with van der Waals surface area (Å²) in [6, 6.07) is 3.34. The van der Waals surface area contributed by atoms with E-state index in [-0.39, 0.29) is 12.0 Å². The summed E-state index contributed by atoms with van der Waals surface area (Å²) in [6.45, 7) is 3.99. The minimum atomic E-state index is -0.384. The van der Waals surface area contributed by atoms with E-state index in [1.807, 2.05) is 26.0 Å². The fourth-order valence-corrected chi connectivity index (χ4v) is 1.32. The van der Waals surface area contributed by atoms with Crippen LogP contribution >= 0.6 is 0 Å². The maximum Gasteiger partial charge on any atom is 0.229 e. The molecule has 0 aliphatic rings. The van der Waals surface area contributed by atoms with Crippen molar-refractivity contribution < 1.29 is 4.52 Å². The largest absolute Gasteiger partial charge is 0.339 e. The molecule has 0 aliphatic heterocycles. The number of pyridine rings is 1. The van der Waals surface area contributed by atoms with Gasteiger partial charge in [-0.3, -0.25) is 4.98 Å². The molecule has 84 valence electrons. The molecule has 0 spiro atoms. The van der Waals surface area contributed by atoms with Crippen LogP contribution in [0, 0.1) is 0 Å². The highest BCUT2D eigenvalue weighted by molar-refractivity contribution is 5.20. The first kappa shape index (κ1) is 10.8. The van der Waals surface area contributed by atoms with Crippen LogP contribution in [0.5, 0.6) is 0 Å². The summed E-state index contributed by atoms with van der Waals surface area (Å²) in [4.78, 5) is 8.26. The predicted molar refractivity (Wildman–Crippen MR) is 58.7 cm³/mol. The van der Waals surface area contributed by atoms with Gasteiger partial charge in [-0.25, -0.2) is 0 Å². The van der Waals surface area contributed by atoms with E-state index in [2.05, 4.69) is 15.1 Å². The van der Waals surface area contributed by atoms with Gasteiger partial charge in [-0.05, 0) is 11.6 Å². The number of aromatic nitrogens is 3. The van der Waals surface area contributed by atoms with Crippen LogP contribution in [0.3, 0.4) is 0 Å². The molecule has 2 heterocycles. The molecule has 0 unspecified atom stereocenters. The summed E-state index contributed by atoms with van der Waals surface area (Å²) in [5, 5.41) is 3.87. The van der Waals surface area contributed by atoms with E-state index in [9.17, 15) is 0 Å². The first-order valence-electron chi connectivity index (χ1n) is 5.17. The molecular formula is C11H14N4O. The molecular weight excluding hydrogens is 204 g/mol. The van der Waals surface area contributed by atoms with Crippen LogP contribution in [0.1, 0.15) is 43.1 Å². The smallest absolute Gasteiger partial charge is 0.229 e. The lowest BCUT2D eigenvalue weighted by molar-refractivity contribution is 0.359. The van der Waals surface area contributed by atoms with Crippen molar-refractivity contribution in [3.05, 3.63) is 41.8 Å². The van der Waals surface area contributed by atoms with Gasteiger partial charge in [0.1, 0.15) is 0 Å². The average molecular weight is 218 g/mol. The Morgan fingerprint density at radius 1 is 1.38 bits per heavy atom. The van der Waals surface area contributed by atoms with Crippen LogP contribution in [0.2, 0.25) is 0 Å². The number of nitrogens with two attached hydrogens (primary N) is 1. The molecule has 0 aliphatic carbocycles. The van der Waals surface area contributed by atoms with Crippen LogP contribution in [0.25, 0.3) is 0 Å². The zero-order chi connectivity index (χ0) is 11.5. The third kappa shape index (κ3) is 2.09. The second-order valence-electron chi connectivity index (χ2n) is 3.91. The van der Waals surface area contributed by atoms with Crippen molar-refractivity contribution in [1.29, 1.82) is 0 Å². The van der Waals surface area contributed by atoms with Crippen LogP contribution < -0.4 is 5.73 Å². The summed E-state index contributed by atoms with van der Waals surface area (Å²) in [5.41, 5.74) is 6.88. The van der Waals surface area contributed by atoms with Gasteiger partial charge in [-0.1, -0.05) is 25.1 Å². The van der Waals surface area contributed by atoms with Crippen LogP contribution in [-0.4, -0.2) is 15.1 Å². The maximum atomic E-state index is 6.00. The lowest BCUT2D eigenvalue weighted by Gasteiger charge is -2.05. The average Bonchev–Trinajstić information content (AvgIpc) is 2.78. The molecule has 0 bridgehead atoms. The number of nitrogens with zero attached hydrogens (tertiary/aromatic N) is 3. The number of hydrogen-bond acceptors (Lipinski definition) is 5. The second-order valence-corrected chi connectivity index (χ2v) is 3.91. The van der Waals surface area contributed by atoms with E-state index in [0.717, 1.165) is 5.56 Å². The Hall–Kier alpha value is -1.75. The van der Waals surface area contributed by atoms with Gasteiger partial charge in [0.15, 0.2) is 5.82 Å². The first-order valence-corrected chi connectivity index (χ1v) is 5.17. The lowest BCUT2D eigenvalue weighted by Crippen LogP contribution is -2.13. The fourth-order valence-electron chi connectivity index (χ4n) is 1.32. The molecule has 0 fully saturated rings. The molecule has 5 nitrogen and oxygen atoms in total. The van der Waals surface area contributed by atoms with E-state index in [1.54, 1.807) is 12.4 Å². The van der Waals surface area contributed by atoms with Crippen molar-refractivity contribution in [2.24, 2.45) is 5.73 Å². The predicted octanol–water partition coefficient (Wildman–Crippen LogP) is 1.64. The highest BCUT2D eigenvalue weighted by Crippen LogP contribution is 2.18. The van der Waals surface area contributed by atoms with Gasteiger partial charge in [0, 0.05) is 18.3 Å². The van der Waals surface area contributed by atoms with Crippen molar-refractivity contribution in [1.82, 2.24) is 15.1 Å². The van der Waals surface area contributed by atoms with E-state index in [1.165, 1.54) is 0 Å². The Morgan fingerprint density at radius 3 is 2.75 bits per heavy atom. The molecule has 16 heavy (non-hydrogen) atoms. The summed E-state index contributed by atoms with van der Waals surface area (Å²) >= 11 is 0. The van der Waals surface area contributed by atoms with Crippen molar-refractivity contribution >= 4 is 0 Å². The zero-order valence-electron chi connectivity index (χ0n) is 9.29. The first-order chi connectivity index (χ1) is 7.68. The van der Waals surface area contributed by atoms with E-state index < -0.39 is 0 Å². The Balaban J connectivity index is 2.24. The van der Waals surface area contributed by atoms with Gasteiger partial charge in [0.2, 0.25) is 5.89 Å². The zero-order valence-corrected chi connectivity index (χ0v) is 9.29. The standard InChI is InChI=1S/C11H14N4O/c1-7(2)11-14-10(15-16-11)9(12)8-4-3-5-13-6-8/h3-7,9H,12H2,1-2H3/t9-/m1/s1. The Morgan fingerprint density at radius 2 is 2.19 bits per heavy atom. The molecule has 0 aromatic carbocycles. The molecule has 0 saturated carbocycles. The van der Waals surface area contributed by atoms with Crippen LogP contribution in [0.4, 0.5) is 0 Å². The topological polar surface area (TPSA) is 77.8 Å². The maximum absolute atomic E-state index is 6.00. The van der Waals surface area contributed by atoms with Gasteiger partial charge >= 0.3 is 0 Å². The third-order valence-electron chi connectivity index (χ3n) is 2.27. The monoisotopic (exact) mass is 218 g/mol. The Bertz CT molecular complexity index is 452. The molecule has 0 radical (unpaired) electrons. The summed E-state index contributed by atoms with van der Waals surface area (Å²) < 4.78 is 5.11. The third-order valence-corrected chi connectivity index (χ3v) is 2.27. The van der Waals surface area contributed by atoms with Crippen LogP contribution in [-0.2, 0) is 0 Å². The van der Waals surface area contributed by atoms with Gasteiger partial charge in [0.05, 0.1) is 6.04 Å². The minimum Gasteiger partial charge on any atom is -0.339 e. The number of hydrogen-bond donors (Lipinski definition) is 1. The normalized spacial score (nSPS) is 13.0. The molecule has 0 amide bonds. The van der Waals surface area contributed by atoms with Crippen molar-refractivity contribution in [2.75, 3.05) is 0 Å². The van der Waals surface area contributed by atoms with Gasteiger partial charge in [-0.2, -0.15) is 4.98 Å². The SMILES string of the molecule is CC(C)c1nc([C@H](N)c2cccnc2)no1. The van der Waals surface area contributed by atoms with Gasteiger partial charge in [0.25, 0.3) is 0 Å². The van der Waals surface area contributed by atoms with E-state index in [4.69, 9.17) is 10.3 Å². The molecule has 2 N–H and O–H groups in total. The van der Waals surface area contributed by atoms with E-state index in [0.29, 0.717) is 11.7 Å². The molecule has 2 rings (SSSR count). The van der Waals surface area contributed by atoms with Crippen LogP contribution in [0.15, 0.2) is 29.0 Å². The molecule has 2 aromatic rings. The minimum absolute atomic E-state index is 0.211. The summed E-state index contributed by atoms with van der Waals surface area (Å²) in [6.07, 6.45) is 3.40. The quantitative estimate of drug-likeness (QED) is 0.847. The molecule has 1 atom stereocenters. The summed E-state index contributed by atoms with van der Waals surface area (Å²) in [5.74, 6) is 1.31. The molecule has 0 saturated heterocycles. The highest BCUT2D eigenvalue weighted by atomic mass is 16.5. The fraction of sp³-hybridized carbons (Fsp3) is 0.364.